The Morgan fingerprint density at radius 3 is 1.84 bits per heavy atom. The lowest BCUT2D eigenvalue weighted by molar-refractivity contribution is -0.126. The van der Waals surface area contributed by atoms with Crippen molar-refractivity contribution in [3.8, 4) is 0 Å². The zero-order valence-corrected chi connectivity index (χ0v) is 19.0. The highest BCUT2D eigenvalue weighted by atomic mass is 32.2. The summed E-state index contributed by atoms with van der Waals surface area (Å²) >= 11 is 0. The molecule has 0 N–H and O–H groups in total. The summed E-state index contributed by atoms with van der Waals surface area (Å²) in [7, 11) is -8.89. The number of benzene rings is 2. The first kappa shape index (κ1) is 22.1. The van der Waals surface area contributed by atoms with Gasteiger partial charge in [0.05, 0.1) is 22.3 Å². The highest BCUT2D eigenvalue weighted by molar-refractivity contribution is 7.92. The fourth-order valence-electron chi connectivity index (χ4n) is 3.51. The Morgan fingerprint density at radius 1 is 0.812 bits per heavy atom. The van der Waals surface area contributed by atoms with E-state index in [0.29, 0.717) is 14.4 Å². The van der Waals surface area contributed by atoms with Gasteiger partial charge in [0, 0.05) is 12.4 Å². The van der Waals surface area contributed by atoms with Gasteiger partial charge in [0.25, 0.3) is 26.0 Å². The van der Waals surface area contributed by atoms with Gasteiger partial charge in [-0.1, -0.05) is 45.9 Å². The topological polar surface area (TPSA) is 105 Å². The minimum atomic E-state index is -4.48. The third kappa shape index (κ3) is 3.81. The molecule has 1 amide bonds. The van der Waals surface area contributed by atoms with Gasteiger partial charge in [0.1, 0.15) is 0 Å². The summed E-state index contributed by atoms with van der Waals surface area (Å²) in [5, 5.41) is 0. The molecule has 0 saturated carbocycles. The first-order valence-electron chi connectivity index (χ1n) is 9.78. The molecule has 3 aromatic rings. The van der Waals surface area contributed by atoms with E-state index in [4.69, 9.17) is 0 Å². The van der Waals surface area contributed by atoms with Gasteiger partial charge in [-0.05, 0) is 49.7 Å². The number of rotatable bonds is 5. The van der Waals surface area contributed by atoms with Crippen LogP contribution in [-0.2, 0) is 24.8 Å². The molecular formula is C22H21N3O5S2. The molecule has 166 valence electrons. The maximum absolute atomic E-state index is 13.7. The monoisotopic (exact) mass is 471 g/mol. The number of hydrogen-bond acceptors (Lipinski definition) is 6. The average molecular weight is 472 g/mol. The molecule has 32 heavy (non-hydrogen) atoms. The van der Waals surface area contributed by atoms with Gasteiger partial charge >= 0.3 is 0 Å². The molecule has 1 fully saturated rings. The Labute approximate surface area is 187 Å². The Hall–Kier alpha value is -3.08. The molecule has 0 radical (unpaired) electrons. The molecule has 2 heterocycles. The highest BCUT2D eigenvalue weighted by Gasteiger charge is 2.52. The SMILES string of the molecule is Cc1ccc(S(=O)(=O)N2C(=O)C[C@@H](c3cccnc3)N2S(=O)(=O)c2ccc(C)cc2)cc1. The van der Waals surface area contributed by atoms with Gasteiger partial charge in [-0.3, -0.25) is 9.78 Å². The number of hydrazine groups is 1. The van der Waals surface area contributed by atoms with Gasteiger partial charge in [0.15, 0.2) is 0 Å². The first-order valence-corrected chi connectivity index (χ1v) is 12.7. The van der Waals surface area contributed by atoms with Crippen molar-refractivity contribution in [2.75, 3.05) is 0 Å². The maximum atomic E-state index is 13.7. The van der Waals surface area contributed by atoms with E-state index in [0.717, 1.165) is 11.1 Å². The number of hydrogen-bond donors (Lipinski definition) is 0. The second-order valence-electron chi connectivity index (χ2n) is 7.55. The van der Waals surface area contributed by atoms with E-state index in [1.165, 1.54) is 36.7 Å². The lowest BCUT2D eigenvalue weighted by Gasteiger charge is -2.30. The van der Waals surface area contributed by atoms with Crippen molar-refractivity contribution in [3.05, 3.63) is 89.7 Å². The van der Waals surface area contributed by atoms with Gasteiger partial charge < -0.3 is 0 Å². The van der Waals surface area contributed by atoms with Crippen LogP contribution in [0.2, 0.25) is 0 Å². The first-order chi connectivity index (χ1) is 15.1. The van der Waals surface area contributed by atoms with Crippen LogP contribution >= 0.6 is 0 Å². The number of aryl methyl sites for hydroxylation is 2. The van der Waals surface area contributed by atoms with Crippen LogP contribution in [0.15, 0.2) is 82.8 Å². The van der Waals surface area contributed by atoms with Crippen LogP contribution in [-0.4, -0.2) is 36.6 Å². The van der Waals surface area contributed by atoms with Crippen LogP contribution in [0.1, 0.15) is 29.2 Å². The summed E-state index contributed by atoms with van der Waals surface area (Å²) in [4.78, 5) is 16.7. The maximum Gasteiger partial charge on any atom is 0.281 e. The predicted molar refractivity (Wildman–Crippen MR) is 117 cm³/mol. The number of aromatic nitrogens is 1. The summed E-state index contributed by atoms with van der Waals surface area (Å²) < 4.78 is 55.3. The largest absolute Gasteiger partial charge is 0.281 e. The Morgan fingerprint density at radius 2 is 1.34 bits per heavy atom. The van der Waals surface area contributed by atoms with Crippen molar-refractivity contribution >= 4 is 26.0 Å². The van der Waals surface area contributed by atoms with Gasteiger partial charge in [-0.15, -0.1) is 4.41 Å². The molecule has 8 nitrogen and oxygen atoms in total. The molecule has 1 aliphatic rings. The Balaban J connectivity index is 1.90. The molecule has 0 spiro atoms. The van der Waals surface area contributed by atoms with Crippen LogP contribution in [0.25, 0.3) is 0 Å². The van der Waals surface area contributed by atoms with E-state index in [-0.39, 0.29) is 16.2 Å². The third-order valence-corrected chi connectivity index (χ3v) is 8.79. The van der Waals surface area contributed by atoms with Crippen LogP contribution in [0.4, 0.5) is 0 Å². The van der Waals surface area contributed by atoms with Crippen molar-refractivity contribution in [2.24, 2.45) is 0 Å². The number of amides is 1. The van der Waals surface area contributed by atoms with Crippen molar-refractivity contribution in [3.63, 3.8) is 0 Å². The number of nitrogens with zero attached hydrogens (tertiary/aromatic N) is 3. The molecule has 1 saturated heterocycles. The summed E-state index contributed by atoms with van der Waals surface area (Å²) in [5.74, 6) is -0.838. The third-order valence-electron chi connectivity index (χ3n) is 5.21. The number of pyridine rings is 1. The molecule has 1 atom stereocenters. The molecule has 4 rings (SSSR count). The van der Waals surface area contributed by atoms with Crippen molar-refractivity contribution in [2.45, 2.75) is 36.1 Å². The zero-order valence-electron chi connectivity index (χ0n) is 17.4. The Kier molecular flexibility index (Phi) is 5.61. The lowest BCUT2D eigenvalue weighted by Crippen LogP contribution is -2.47. The van der Waals surface area contributed by atoms with E-state index < -0.39 is 32.0 Å². The summed E-state index contributed by atoms with van der Waals surface area (Å²) in [6.45, 7) is 3.60. The van der Waals surface area contributed by atoms with Crippen molar-refractivity contribution < 1.29 is 21.6 Å². The van der Waals surface area contributed by atoms with Gasteiger partial charge in [-0.2, -0.15) is 8.42 Å². The summed E-state index contributed by atoms with van der Waals surface area (Å²) in [5.41, 5.74) is 2.08. The predicted octanol–water partition coefficient (Wildman–Crippen LogP) is 2.97. The van der Waals surface area contributed by atoms with E-state index in [9.17, 15) is 21.6 Å². The van der Waals surface area contributed by atoms with E-state index in [2.05, 4.69) is 4.98 Å². The van der Waals surface area contributed by atoms with Crippen LogP contribution in [0.5, 0.6) is 0 Å². The minimum Gasteiger partial charge on any atom is -0.272 e. The van der Waals surface area contributed by atoms with Crippen molar-refractivity contribution in [1.29, 1.82) is 0 Å². The molecule has 1 aromatic heterocycles. The molecule has 1 aliphatic heterocycles. The van der Waals surface area contributed by atoms with Crippen LogP contribution in [0.3, 0.4) is 0 Å². The standard InChI is InChI=1S/C22H21N3O5S2/c1-16-5-9-19(10-6-16)31(27,28)24-21(18-4-3-13-23-15-18)14-22(26)25(24)32(29,30)20-11-7-17(2)8-12-20/h3-13,15,21H,14H2,1-2H3/t21-/m0/s1. The fourth-order valence-corrected chi connectivity index (χ4v) is 6.90. The van der Waals surface area contributed by atoms with Crippen LogP contribution < -0.4 is 0 Å². The Bertz CT molecular complexity index is 1360. The number of carbonyl (C=O) groups is 1. The smallest absolute Gasteiger partial charge is 0.272 e. The fraction of sp³-hybridized carbons (Fsp3) is 0.182. The summed E-state index contributed by atoms with van der Waals surface area (Å²) in [6, 6.07) is 14.1. The van der Waals surface area contributed by atoms with Gasteiger partial charge in [0.2, 0.25) is 0 Å². The second-order valence-corrected chi connectivity index (χ2v) is 11.1. The molecule has 0 aliphatic carbocycles. The lowest BCUT2D eigenvalue weighted by atomic mass is 10.1. The summed E-state index contributed by atoms with van der Waals surface area (Å²) in [6.07, 6.45) is 2.61. The zero-order chi connectivity index (χ0) is 23.1. The minimum absolute atomic E-state index is 0.115. The highest BCUT2D eigenvalue weighted by Crippen LogP contribution is 2.40. The second kappa shape index (κ2) is 8.12. The van der Waals surface area contributed by atoms with E-state index in [1.54, 1.807) is 43.3 Å². The molecule has 2 aromatic carbocycles. The van der Waals surface area contributed by atoms with Crippen molar-refractivity contribution in [1.82, 2.24) is 13.8 Å². The normalized spacial score (nSPS) is 17.6. The number of sulfonamides is 2. The molecule has 0 unspecified atom stereocenters. The average Bonchev–Trinajstić information content (AvgIpc) is 3.14. The number of carbonyl (C=O) groups excluding carboxylic acids is 1. The van der Waals surface area contributed by atoms with E-state index >= 15 is 0 Å². The van der Waals surface area contributed by atoms with Gasteiger partial charge in [-0.25, -0.2) is 8.42 Å². The molecule has 10 heteroatoms. The molecular weight excluding hydrogens is 450 g/mol. The van der Waals surface area contributed by atoms with E-state index in [1.807, 2.05) is 6.92 Å². The quantitative estimate of drug-likeness (QED) is 0.567. The molecule has 0 bridgehead atoms. The van der Waals surface area contributed by atoms with Crippen LogP contribution in [0, 0.1) is 13.8 Å².